The summed E-state index contributed by atoms with van der Waals surface area (Å²) in [5.41, 5.74) is 0. The van der Waals surface area contributed by atoms with E-state index in [4.69, 9.17) is 4.74 Å². The van der Waals surface area contributed by atoms with Gasteiger partial charge in [-0.15, -0.1) is 12.4 Å². The lowest BCUT2D eigenvalue weighted by atomic mass is 10.8. The second-order valence-corrected chi connectivity index (χ2v) is 1.94. The molecule has 3 heteroatoms. The maximum atomic E-state index is 4.89. The van der Waals surface area contributed by atoms with E-state index < -0.39 is 0 Å². The lowest BCUT2D eigenvalue weighted by Gasteiger charge is -1.88. The van der Waals surface area contributed by atoms with Crippen LogP contribution in [-0.2, 0) is 4.74 Å². The summed E-state index contributed by atoms with van der Waals surface area (Å²) >= 11 is 0. The summed E-state index contributed by atoms with van der Waals surface area (Å²) in [7, 11) is 0. The molecule has 54 valence electrons. The van der Waals surface area contributed by atoms with E-state index in [1.807, 2.05) is 6.92 Å². The summed E-state index contributed by atoms with van der Waals surface area (Å²) in [5, 5.41) is 0. The van der Waals surface area contributed by atoms with Gasteiger partial charge < -0.3 is 4.74 Å². The monoisotopic (exact) mass is 149 g/mol. The quantitative estimate of drug-likeness (QED) is 0.442. The number of rotatable bonds is 3. The second-order valence-electron chi connectivity index (χ2n) is 1.94. The SMILES string of the molecule is CCO/C=N\C1CC1.Cl. The molecule has 1 rings (SSSR count). The van der Waals surface area contributed by atoms with Crippen LogP contribution >= 0.6 is 12.4 Å². The van der Waals surface area contributed by atoms with Crippen LogP contribution in [-0.4, -0.2) is 19.0 Å². The van der Waals surface area contributed by atoms with Gasteiger partial charge in [-0.1, -0.05) is 0 Å². The third-order valence-corrected chi connectivity index (χ3v) is 1.06. The van der Waals surface area contributed by atoms with Gasteiger partial charge in [0.15, 0.2) is 6.40 Å². The highest BCUT2D eigenvalue weighted by atomic mass is 35.5. The molecule has 0 aromatic rings. The number of nitrogens with zero attached hydrogens (tertiary/aromatic N) is 1. The van der Waals surface area contributed by atoms with Crippen molar-refractivity contribution < 1.29 is 4.74 Å². The Kier molecular flexibility index (Phi) is 4.50. The number of hydrogen-bond acceptors (Lipinski definition) is 2. The molecule has 0 amide bonds. The molecule has 0 unspecified atom stereocenters. The molecule has 1 fully saturated rings. The van der Waals surface area contributed by atoms with Crippen molar-refractivity contribution in [2.75, 3.05) is 6.61 Å². The first-order valence-electron chi connectivity index (χ1n) is 3.06. The van der Waals surface area contributed by atoms with Crippen molar-refractivity contribution in [3.8, 4) is 0 Å². The van der Waals surface area contributed by atoms with Gasteiger partial charge in [-0.25, -0.2) is 0 Å². The summed E-state index contributed by atoms with van der Waals surface area (Å²) in [6.45, 7) is 2.69. The van der Waals surface area contributed by atoms with Crippen molar-refractivity contribution in [3.63, 3.8) is 0 Å². The predicted octanol–water partition coefficient (Wildman–Crippen LogP) is 1.64. The number of aliphatic imine (C=N–C) groups is 1. The van der Waals surface area contributed by atoms with E-state index in [9.17, 15) is 0 Å². The molecule has 0 heterocycles. The molecular weight excluding hydrogens is 138 g/mol. The Labute approximate surface area is 61.7 Å². The van der Waals surface area contributed by atoms with Crippen LogP contribution in [0.3, 0.4) is 0 Å². The highest BCUT2D eigenvalue weighted by Crippen LogP contribution is 2.22. The van der Waals surface area contributed by atoms with Crippen LogP contribution in [0.25, 0.3) is 0 Å². The maximum Gasteiger partial charge on any atom is 0.169 e. The van der Waals surface area contributed by atoms with Crippen LogP contribution in [0.5, 0.6) is 0 Å². The number of halogens is 1. The Balaban J connectivity index is 0.000000640. The van der Waals surface area contributed by atoms with Gasteiger partial charge in [-0.05, 0) is 19.8 Å². The fraction of sp³-hybridized carbons (Fsp3) is 0.833. The minimum absolute atomic E-state index is 0. The molecule has 0 atom stereocenters. The van der Waals surface area contributed by atoms with Gasteiger partial charge in [-0.3, -0.25) is 4.99 Å². The summed E-state index contributed by atoms with van der Waals surface area (Å²) < 4.78 is 4.89. The summed E-state index contributed by atoms with van der Waals surface area (Å²) in [6, 6.07) is 0.599. The molecule has 0 aromatic heterocycles. The van der Waals surface area contributed by atoms with Crippen molar-refractivity contribution in [3.05, 3.63) is 0 Å². The van der Waals surface area contributed by atoms with Crippen LogP contribution in [0, 0.1) is 0 Å². The first-order chi connectivity index (χ1) is 3.93. The summed E-state index contributed by atoms with van der Waals surface area (Å²) in [6.07, 6.45) is 4.07. The fourth-order valence-electron chi connectivity index (χ4n) is 0.427. The number of hydrogen-bond donors (Lipinski definition) is 0. The first-order valence-corrected chi connectivity index (χ1v) is 3.06. The molecule has 1 aliphatic rings. The van der Waals surface area contributed by atoms with E-state index >= 15 is 0 Å². The molecule has 0 aromatic carbocycles. The highest BCUT2D eigenvalue weighted by Gasteiger charge is 2.18. The first kappa shape index (κ1) is 8.76. The Hall–Kier alpha value is -0.240. The van der Waals surface area contributed by atoms with Crippen LogP contribution in [0.15, 0.2) is 4.99 Å². The van der Waals surface area contributed by atoms with E-state index in [0.717, 1.165) is 6.61 Å². The topological polar surface area (TPSA) is 21.6 Å². The smallest absolute Gasteiger partial charge is 0.169 e. The van der Waals surface area contributed by atoms with Crippen LogP contribution < -0.4 is 0 Å². The lowest BCUT2D eigenvalue weighted by Crippen LogP contribution is -1.85. The Bertz CT molecular complexity index is 91.1. The average Bonchev–Trinajstić information content (AvgIpc) is 2.51. The predicted molar refractivity (Wildman–Crippen MR) is 40.4 cm³/mol. The Morgan fingerprint density at radius 1 is 1.67 bits per heavy atom. The molecular formula is C6H12ClNO. The van der Waals surface area contributed by atoms with Crippen LogP contribution in [0.1, 0.15) is 19.8 Å². The van der Waals surface area contributed by atoms with E-state index in [-0.39, 0.29) is 12.4 Å². The normalized spacial score (nSPS) is 17.4. The lowest BCUT2D eigenvalue weighted by molar-refractivity contribution is 0.342. The van der Waals surface area contributed by atoms with Crippen molar-refractivity contribution in [2.45, 2.75) is 25.8 Å². The summed E-state index contributed by atoms with van der Waals surface area (Å²) in [4.78, 5) is 4.08. The zero-order valence-corrected chi connectivity index (χ0v) is 6.36. The minimum atomic E-state index is 0. The number of ether oxygens (including phenoxy) is 1. The highest BCUT2D eigenvalue weighted by molar-refractivity contribution is 5.85. The van der Waals surface area contributed by atoms with Crippen molar-refractivity contribution >= 4 is 18.8 Å². The fourth-order valence-corrected chi connectivity index (χ4v) is 0.427. The third kappa shape index (κ3) is 4.28. The standard InChI is InChI=1S/C6H11NO.ClH/c1-2-8-5-7-6-3-4-6;/h5-6H,2-4H2,1H3;1H/b7-5-;. The molecule has 0 bridgehead atoms. The second kappa shape index (κ2) is 4.62. The van der Waals surface area contributed by atoms with Gasteiger partial charge in [0.25, 0.3) is 0 Å². The van der Waals surface area contributed by atoms with Gasteiger partial charge >= 0.3 is 0 Å². The zero-order chi connectivity index (χ0) is 5.82. The van der Waals surface area contributed by atoms with E-state index in [1.165, 1.54) is 12.8 Å². The average molecular weight is 150 g/mol. The van der Waals surface area contributed by atoms with E-state index in [0.29, 0.717) is 6.04 Å². The molecule has 1 saturated carbocycles. The zero-order valence-electron chi connectivity index (χ0n) is 5.54. The molecule has 9 heavy (non-hydrogen) atoms. The van der Waals surface area contributed by atoms with E-state index in [1.54, 1.807) is 6.40 Å². The van der Waals surface area contributed by atoms with Crippen molar-refractivity contribution in [1.29, 1.82) is 0 Å². The van der Waals surface area contributed by atoms with Crippen LogP contribution in [0.4, 0.5) is 0 Å². The van der Waals surface area contributed by atoms with Gasteiger partial charge in [0.2, 0.25) is 0 Å². The Morgan fingerprint density at radius 3 is 2.78 bits per heavy atom. The van der Waals surface area contributed by atoms with Gasteiger partial charge in [0.1, 0.15) is 0 Å². The molecule has 0 radical (unpaired) electrons. The van der Waals surface area contributed by atoms with Crippen molar-refractivity contribution in [1.82, 2.24) is 0 Å². The molecule has 1 aliphatic carbocycles. The maximum absolute atomic E-state index is 4.89. The third-order valence-electron chi connectivity index (χ3n) is 1.06. The molecule has 0 aliphatic heterocycles. The van der Waals surface area contributed by atoms with Gasteiger partial charge in [0.05, 0.1) is 12.6 Å². The van der Waals surface area contributed by atoms with E-state index in [2.05, 4.69) is 4.99 Å². The van der Waals surface area contributed by atoms with Crippen LogP contribution in [0.2, 0.25) is 0 Å². The molecule has 2 nitrogen and oxygen atoms in total. The summed E-state index contributed by atoms with van der Waals surface area (Å²) in [5.74, 6) is 0. The molecule has 0 N–H and O–H groups in total. The largest absolute Gasteiger partial charge is 0.484 e. The van der Waals surface area contributed by atoms with Gasteiger partial charge in [0, 0.05) is 0 Å². The van der Waals surface area contributed by atoms with Gasteiger partial charge in [-0.2, -0.15) is 0 Å². The minimum Gasteiger partial charge on any atom is -0.484 e. The Morgan fingerprint density at radius 2 is 2.33 bits per heavy atom. The van der Waals surface area contributed by atoms with Crippen molar-refractivity contribution in [2.24, 2.45) is 4.99 Å². The molecule has 0 saturated heterocycles. The molecule has 0 spiro atoms.